The van der Waals surface area contributed by atoms with Crippen LogP contribution in [0.1, 0.15) is 48.5 Å². The van der Waals surface area contributed by atoms with E-state index in [9.17, 15) is 4.79 Å². The summed E-state index contributed by atoms with van der Waals surface area (Å²) < 4.78 is 0. The van der Waals surface area contributed by atoms with E-state index in [-0.39, 0.29) is 11.9 Å². The van der Waals surface area contributed by atoms with Crippen LogP contribution in [0.25, 0.3) is 0 Å². The number of amides is 1. The molecule has 0 radical (unpaired) electrons. The third-order valence-corrected chi connectivity index (χ3v) is 4.94. The van der Waals surface area contributed by atoms with Crippen molar-refractivity contribution in [1.82, 2.24) is 10.2 Å². The summed E-state index contributed by atoms with van der Waals surface area (Å²) >= 11 is 0. The van der Waals surface area contributed by atoms with Crippen molar-refractivity contribution in [3.63, 3.8) is 0 Å². The van der Waals surface area contributed by atoms with Crippen molar-refractivity contribution in [3.05, 3.63) is 71.3 Å². The molecule has 3 nitrogen and oxygen atoms in total. The van der Waals surface area contributed by atoms with Crippen LogP contribution in [0.2, 0.25) is 0 Å². The number of benzene rings is 2. The molecule has 1 aliphatic carbocycles. The summed E-state index contributed by atoms with van der Waals surface area (Å²) in [6.07, 6.45) is 3.46. The summed E-state index contributed by atoms with van der Waals surface area (Å²) in [4.78, 5) is 14.6. The van der Waals surface area contributed by atoms with Gasteiger partial charge in [0.05, 0.1) is 12.6 Å². The molecule has 1 amide bonds. The van der Waals surface area contributed by atoms with Crippen molar-refractivity contribution in [2.75, 3.05) is 13.6 Å². The number of hydrogen-bond donors (Lipinski definition) is 1. The summed E-state index contributed by atoms with van der Waals surface area (Å²) in [7, 11) is 2.06. The summed E-state index contributed by atoms with van der Waals surface area (Å²) in [5, 5.41) is 3.11. The normalized spacial score (nSPS) is 18.0. The van der Waals surface area contributed by atoms with Gasteiger partial charge in [-0.1, -0.05) is 54.6 Å². The van der Waals surface area contributed by atoms with Gasteiger partial charge in [-0.05, 0) is 49.9 Å². The highest BCUT2D eigenvalue weighted by Crippen LogP contribution is 2.33. The lowest BCUT2D eigenvalue weighted by atomic mass is 9.87. The molecule has 0 saturated heterocycles. The predicted octanol–water partition coefficient (Wildman–Crippen LogP) is 3.87. The van der Waals surface area contributed by atoms with E-state index in [1.165, 1.54) is 17.5 Å². The molecule has 0 saturated carbocycles. The summed E-state index contributed by atoms with van der Waals surface area (Å²) in [5.41, 5.74) is 3.95. The molecule has 2 aromatic carbocycles. The zero-order valence-electron chi connectivity index (χ0n) is 14.5. The fraction of sp³-hybridized carbons (Fsp3) is 0.381. The van der Waals surface area contributed by atoms with Crippen LogP contribution < -0.4 is 5.32 Å². The first-order valence-electron chi connectivity index (χ1n) is 8.77. The van der Waals surface area contributed by atoms with Gasteiger partial charge in [-0.15, -0.1) is 0 Å². The van der Waals surface area contributed by atoms with Crippen molar-refractivity contribution >= 4 is 5.91 Å². The minimum Gasteiger partial charge on any atom is -0.348 e. The van der Waals surface area contributed by atoms with Crippen LogP contribution >= 0.6 is 0 Å². The van der Waals surface area contributed by atoms with Gasteiger partial charge in [-0.2, -0.15) is 0 Å². The van der Waals surface area contributed by atoms with E-state index in [1.54, 1.807) is 0 Å². The lowest BCUT2D eigenvalue weighted by molar-refractivity contribution is -0.123. The first kappa shape index (κ1) is 16.7. The molecule has 2 unspecified atom stereocenters. The molecule has 2 aromatic rings. The minimum atomic E-state index is 0.0331. The number of rotatable bonds is 5. The molecule has 0 bridgehead atoms. The number of likely N-dealkylation sites (N-methyl/N-ethyl adjacent to an activating group) is 1. The highest BCUT2D eigenvalue weighted by molar-refractivity contribution is 5.78. The largest absolute Gasteiger partial charge is 0.348 e. The third-order valence-electron chi connectivity index (χ3n) is 4.94. The SMILES string of the molecule is CC(NC(=O)CN(C)C1CCCc2ccccc21)c1ccccc1. The molecule has 1 aliphatic rings. The van der Waals surface area contributed by atoms with Gasteiger partial charge in [0.25, 0.3) is 0 Å². The highest BCUT2D eigenvalue weighted by Gasteiger charge is 2.24. The number of carbonyl (C=O) groups is 1. The van der Waals surface area contributed by atoms with Crippen molar-refractivity contribution < 1.29 is 4.79 Å². The molecule has 126 valence electrons. The summed E-state index contributed by atoms with van der Waals surface area (Å²) in [6.45, 7) is 2.46. The number of nitrogens with zero attached hydrogens (tertiary/aromatic N) is 1. The molecule has 0 aliphatic heterocycles. The van der Waals surface area contributed by atoms with Gasteiger partial charge < -0.3 is 5.32 Å². The third kappa shape index (κ3) is 3.85. The van der Waals surface area contributed by atoms with Gasteiger partial charge in [-0.25, -0.2) is 0 Å². The smallest absolute Gasteiger partial charge is 0.234 e. The molecule has 1 N–H and O–H groups in total. The Morgan fingerprint density at radius 2 is 1.88 bits per heavy atom. The Kier molecular flexibility index (Phi) is 5.31. The number of nitrogens with one attached hydrogen (secondary N) is 1. The molecular formula is C21H26N2O. The Morgan fingerprint density at radius 1 is 1.17 bits per heavy atom. The predicted molar refractivity (Wildman–Crippen MR) is 97.8 cm³/mol. The molecule has 2 atom stereocenters. The number of fused-ring (bicyclic) bond motifs is 1. The van der Waals surface area contributed by atoms with Gasteiger partial charge in [0.1, 0.15) is 0 Å². The van der Waals surface area contributed by atoms with Crippen LogP contribution in [0, 0.1) is 0 Å². The number of carbonyl (C=O) groups excluding carboxylic acids is 1. The van der Waals surface area contributed by atoms with Gasteiger partial charge in [0.15, 0.2) is 0 Å². The number of hydrogen-bond acceptors (Lipinski definition) is 2. The van der Waals surface area contributed by atoms with E-state index in [0.717, 1.165) is 18.4 Å². The average Bonchev–Trinajstić information content (AvgIpc) is 2.61. The Hall–Kier alpha value is -2.13. The van der Waals surface area contributed by atoms with Crippen LogP contribution in [-0.4, -0.2) is 24.4 Å². The van der Waals surface area contributed by atoms with E-state index in [4.69, 9.17) is 0 Å². The van der Waals surface area contributed by atoms with Crippen molar-refractivity contribution in [3.8, 4) is 0 Å². The molecule has 0 fully saturated rings. The first-order valence-corrected chi connectivity index (χ1v) is 8.77. The maximum absolute atomic E-state index is 12.4. The Balaban J connectivity index is 1.61. The Labute approximate surface area is 144 Å². The van der Waals surface area contributed by atoms with Crippen LogP contribution in [0.4, 0.5) is 0 Å². The Bertz CT molecular complexity index is 683. The molecule has 0 aromatic heterocycles. The zero-order valence-corrected chi connectivity index (χ0v) is 14.5. The topological polar surface area (TPSA) is 32.3 Å². The van der Waals surface area contributed by atoms with Crippen molar-refractivity contribution in [2.45, 2.75) is 38.3 Å². The van der Waals surface area contributed by atoms with Crippen LogP contribution in [0.15, 0.2) is 54.6 Å². The van der Waals surface area contributed by atoms with E-state index >= 15 is 0 Å². The van der Waals surface area contributed by atoms with Gasteiger partial charge in [0, 0.05) is 6.04 Å². The monoisotopic (exact) mass is 322 g/mol. The number of aryl methyl sites for hydroxylation is 1. The van der Waals surface area contributed by atoms with Crippen LogP contribution in [-0.2, 0) is 11.2 Å². The summed E-state index contributed by atoms with van der Waals surface area (Å²) in [5.74, 6) is 0.0805. The maximum Gasteiger partial charge on any atom is 0.234 e. The second-order valence-corrected chi connectivity index (χ2v) is 6.72. The molecule has 3 heteroatoms. The zero-order chi connectivity index (χ0) is 16.9. The van der Waals surface area contributed by atoms with Crippen molar-refractivity contribution in [1.29, 1.82) is 0 Å². The fourth-order valence-electron chi connectivity index (χ4n) is 3.64. The van der Waals surface area contributed by atoms with Crippen LogP contribution in [0.5, 0.6) is 0 Å². The molecular weight excluding hydrogens is 296 g/mol. The van der Waals surface area contributed by atoms with E-state index in [2.05, 4.69) is 41.5 Å². The minimum absolute atomic E-state index is 0.0331. The quantitative estimate of drug-likeness (QED) is 0.906. The van der Waals surface area contributed by atoms with Gasteiger partial charge in [0.2, 0.25) is 5.91 Å². The van der Waals surface area contributed by atoms with Gasteiger partial charge >= 0.3 is 0 Å². The molecule has 3 rings (SSSR count). The second-order valence-electron chi connectivity index (χ2n) is 6.72. The first-order chi connectivity index (χ1) is 11.6. The standard InChI is InChI=1S/C21H26N2O/c1-16(17-9-4-3-5-10-17)22-21(24)15-23(2)20-14-8-12-18-11-6-7-13-19(18)20/h3-7,9-11,13,16,20H,8,12,14-15H2,1-2H3,(H,22,24). The Morgan fingerprint density at radius 3 is 2.67 bits per heavy atom. The van der Waals surface area contributed by atoms with E-state index < -0.39 is 0 Å². The van der Waals surface area contributed by atoms with Gasteiger partial charge in [-0.3, -0.25) is 9.69 Å². The lowest BCUT2D eigenvalue weighted by Crippen LogP contribution is -2.39. The molecule has 0 heterocycles. The van der Waals surface area contributed by atoms with E-state index in [0.29, 0.717) is 12.6 Å². The van der Waals surface area contributed by atoms with Crippen LogP contribution in [0.3, 0.4) is 0 Å². The lowest BCUT2D eigenvalue weighted by Gasteiger charge is -2.33. The van der Waals surface area contributed by atoms with E-state index in [1.807, 2.05) is 37.3 Å². The van der Waals surface area contributed by atoms with Crippen molar-refractivity contribution in [2.24, 2.45) is 0 Å². The maximum atomic E-state index is 12.4. The second kappa shape index (κ2) is 7.63. The fourth-order valence-corrected chi connectivity index (χ4v) is 3.64. The highest BCUT2D eigenvalue weighted by atomic mass is 16.2. The molecule has 24 heavy (non-hydrogen) atoms. The average molecular weight is 322 g/mol. The summed E-state index contributed by atoms with van der Waals surface area (Å²) in [6, 6.07) is 19.1. The molecule has 0 spiro atoms.